The van der Waals surface area contributed by atoms with E-state index in [0.29, 0.717) is 14.6 Å². The number of hydrogen-bond acceptors (Lipinski definition) is 7. The highest BCUT2D eigenvalue weighted by atomic mass is 32.1. The van der Waals surface area contributed by atoms with Gasteiger partial charge in [0, 0.05) is 0 Å². The first-order valence-corrected chi connectivity index (χ1v) is 6.83. The van der Waals surface area contributed by atoms with Gasteiger partial charge in [0.2, 0.25) is 12.7 Å². The van der Waals surface area contributed by atoms with Crippen molar-refractivity contribution in [1.82, 2.24) is 4.98 Å². The molecule has 0 radical (unpaired) electrons. The second kappa shape index (κ2) is 5.43. The van der Waals surface area contributed by atoms with E-state index in [1.165, 1.54) is 17.6 Å². The predicted octanol–water partition coefficient (Wildman–Crippen LogP) is 2.69. The molecule has 0 fully saturated rings. The molecule has 0 amide bonds. The first kappa shape index (κ1) is 12.8. The van der Waals surface area contributed by atoms with Gasteiger partial charge in [-0.1, -0.05) is 11.3 Å². The number of nitrogens with one attached hydrogen (secondary N) is 1. The smallest absolute Gasteiger partial charge is 0.231 e. The molecule has 2 heterocycles. The highest BCUT2D eigenvalue weighted by Crippen LogP contribution is 2.31. The minimum absolute atomic E-state index is 0.00188. The Morgan fingerprint density at radius 3 is 2.85 bits per heavy atom. The summed E-state index contributed by atoms with van der Waals surface area (Å²) in [5.74, 6) is 1.42. The van der Waals surface area contributed by atoms with E-state index >= 15 is 0 Å². The van der Waals surface area contributed by atoms with Crippen LogP contribution in [-0.2, 0) is 0 Å². The standard InChI is InChI=1S/C12H9N3O3S2/c16-11-10(20-12(19)15-11)5-14-13-4-7-1-2-8-9(3-7)18-6-17-8/h1-5,16H,6H2,(H,15,19)/b13-4?,14-5+. The largest absolute Gasteiger partial charge is 0.494 e. The van der Waals surface area contributed by atoms with E-state index in [4.69, 9.17) is 21.7 Å². The van der Waals surface area contributed by atoms with Crippen LogP contribution in [0, 0.1) is 3.95 Å². The lowest BCUT2D eigenvalue weighted by Crippen LogP contribution is -1.92. The normalized spacial score (nSPS) is 13.6. The molecule has 1 aliphatic heterocycles. The van der Waals surface area contributed by atoms with Gasteiger partial charge in [-0.3, -0.25) is 0 Å². The number of ether oxygens (including phenoxy) is 2. The van der Waals surface area contributed by atoms with Crippen molar-refractivity contribution in [3.8, 4) is 17.4 Å². The van der Waals surface area contributed by atoms with E-state index in [-0.39, 0.29) is 12.7 Å². The third-order valence-electron chi connectivity index (χ3n) is 2.50. The van der Waals surface area contributed by atoms with Crippen LogP contribution in [0.3, 0.4) is 0 Å². The topological polar surface area (TPSA) is 79.2 Å². The number of fused-ring (bicyclic) bond motifs is 1. The van der Waals surface area contributed by atoms with Crippen molar-refractivity contribution in [3.05, 3.63) is 32.6 Å². The molecule has 102 valence electrons. The van der Waals surface area contributed by atoms with Crippen LogP contribution >= 0.6 is 23.6 Å². The molecule has 8 heteroatoms. The first-order valence-electron chi connectivity index (χ1n) is 5.60. The fraction of sp³-hybridized carbons (Fsp3) is 0.0833. The minimum atomic E-state index is 0.00188. The average molecular weight is 307 g/mol. The Morgan fingerprint density at radius 2 is 2.05 bits per heavy atom. The molecule has 20 heavy (non-hydrogen) atoms. The maximum Gasteiger partial charge on any atom is 0.231 e. The Morgan fingerprint density at radius 1 is 1.25 bits per heavy atom. The summed E-state index contributed by atoms with van der Waals surface area (Å²) in [6.45, 7) is 0.242. The SMILES string of the molecule is Oc1[nH]c(=S)sc1/C=N/N=Cc1ccc2c(c1)OCO2. The van der Waals surface area contributed by atoms with Crippen LogP contribution in [0.25, 0.3) is 0 Å². The molecule has 1 aliphatic rings. The number of aromatic hydroxyl groups is 1. The highest BCUT2D eigenvalue weighted by Gasteiger charge is 2.12. The lowest BCUT2D eigenvalue weighted by Gasteiger charge is -1.95. The number of hydrogen-bond donors (Lipinski definition) is 2. The lowest BCUT2D eigenvalue weighted by molar-refractivity contribution is 0.174. The maximum atomic E-state index is 9.47. The molecule has 0 aliphatic carbocycles. The van der Waals surface area contributed by atoms with Gasteiger partial charge >= 0.3 is 0 Å². The molecule has 0 bridgehead atoms. The van der Waals surface area contributed by atoms with E-state index in [2.05, 4.69) is 15.2 Å². The van der Waals surface area contributed by atoms with Crippen molar-refractivity contribution in [2.24, 2.45) is 10.2 Å². The zero-order valence-corrected chi connectivity index (χ0v) is 11.7. The molecule has 0 atom stereocenters. The Balaban J connectivity index is 1.71. The Hall–Kier alpha value is -2.19. The molecule has 0 saturated carbocycles. The number of H-pyrrole nitrogens is 1. The minimum Gasteiger partial charge on any atom is -0.494 e. The van der Waals surface area contributed by atoms with Gasteiger partial charge in [0.1, 0.15) is 4.88 Å². The van der Waals surface area contributed by atoms with Crippen LogP contribution in [0.2, 0.25) is 0 Å². The van der Waals surface area contributed by atoms with Crippen molar-refractivity contribution in [1.29, 1.82) is 0 Å². The molecule has 2 aromatic rings. The third kappa shape index (κ3) is 2.70. The van der Waals surface area contributed by atoms with Crippen molar-refractivity contribution in [3.63, 3.8) is 0 Å². The molecule has 3 rings (SSSR count). The Kier molecular flexibility index (Phi) is 3.48. The zero-order chi connectivity index (χ0) is 13.9. The van der Waals surface area contributed by atoms with Crippen LogP contribution in [0.15, 0.2) is 28.4 Å². The van der Waals surface area contributed by atoms with Gasteiger partial charge in [0.25, 0.3) is 0 Å². The van der Waals surface area contributed by atoms with Gasteiger partial charge in [-0.25, -0.2) is 0 Å². The van der Waals surface area contributed by atoms with Crippen LogP contribution in [-0.4, -0.2) is 29.3 Å². The average Bonchev–Trinajstić information content (AvgIpc) is 3.00. The molecule has 0 unspecified atom stereocenters. The predicted molar refractivity (Wildman–Crippen MR) is 78.9 cm³/mol. The second-order valence-corrected chi connectivity index (χ2v) is 5.55. The van der Waals surface area contributed by atoms with Crippen LogP contribution in [0.4, 0.5) is 0 Å². The molecule has 0 spiro atoms. The van der Waals surface area contributed by atoms with Crippen molar-refractivity contribution in [2.45, 2.75) is 0 Å². The zero-order valence-electron chi connectivity index (χ0n) is 10.1. The van der Waals surface area contributed by atoms with Crippen LogP contribution < -0.4 is 9.47 Å². The van der Waals surface area contributed by atoms with Gasteiger partial charge < -0.3 is 19.6 Å². The number of nitrogens with zero attached hydrogens (tertiary/aromatic N) is 2. The molecule has 0 saturated heterocycles. The van der Waals surface area contributed by atoms with Crippen LogP contribution in [0.5, 0.6) is 17.4 Å². The third-order valence-corrected chi connectivity index (χ3v) is 3.66. The molecule has 1 aromatic heterocycles. The van der Waals surface area contributed by atoms with E-state index in [0.717, 1.165) is 11.3 Å². The molecule has 6 nitrogen and oxygen atoms in total. The summed E-state index contributed by atoms with van der Waals surface area (Å²) in [6.07, 6.45) is 3.03. The van der Waals surface area contributed by atoms with E-state index in [1.807, 2.05) is 18.2 Å². The van der Waals surface area contributed by atoms with E-state index < -0.39 is 0 Å². The van der Waals surface area contributed by atoms with E-state index in [9.17, 15) is 5.11 Å². The quantitative estimate of drug-likeness (QED) is 0.519. The van der Waals surface area contributed by atoms with Gasteiger partial charge in [-0.2, -0.15) is 10.2 Å². The summed E-state index contributed by atoms with van der Waals surface area (Å²) in [4.78, 5) is 3.15. The first-order chi connectivity index (χ1) is 9.72. The number of aromatic nitrogens is 1. The fourth-order valence-corrected chi connectivity index (χ4v) is 2.56. The van der Waals surface area contributed by atoms with Gasteiger partial charge in [0.05, 0.1) is 12.4 Å². The summed E-state index contributed by atoms with van der Waals surface area (Å²) in [5.41, 5.74) is 0.845. The lowest BCUT2D eigenvalue weighted by atomic mass is 10.2. The summed E-state index contributed by atoms with van der Waals surface area (Å²) in [5, 5.41) is 17.2. The Labute approximate surface area is 123 Å². The number of thiazole rings is 1. The van der Waals surface area contributed by atoms with Gasteiger partial charge in [0.15, 0.2) is 15.5 Å². The molecule has 1 aromatic carbocycles. The van der Waals surface area contributed by atoms with Crippen molar-refractivity contribution < 1.29 is 14.6 Å². The van der Waals surface area contributed by atoms with Gasteiger partial charge in [-0.15, -0.1) is 0 Å². The van der Waals surface area contributed by atoms with Crippen LogP contribution in [0.1, 0.15) is 10.4 Å². The number of benzene rings is 1. The summed E-state index contributed by atoms with van der Waals surface area (Å²) in [6, 6.07) is 5.49. The van der Waals surface area contributed by atoms with Crippen molar-refractivity contribution in [2.75, 3.05) is 6.79 Å². The summed E-state index contributed by atoms with van der Waals surface area (Å²) < 4.78 is 11.0. The fourth-order valence-electron chi connectivity index (χ4n) is 1.60. The number of aromatic amines is 1. The second-order valence-electron chi connectivity index (χ2n) is 3.83. The van der Waals surface area contributed by atoms with E-state index in [1.54, 1.807) is 6.21 Å². The van der Waals surface area contributed by atoms with Crippen molar-refractivity contribution >= 4 is 36.0 Å². The summed E-state index contributed by atoms with van der Waals surface area (Å²) in [7, 11) is 0. The highest BCUT2D eigenvalue weighted by molar-refractivity contribution is 7.73. The Bertz CT molecular complexity index is 749. The molecule has 2 N–H and O–H groups in total. The number of rotatable bonds is 3. The molecular weight excluding hydrogens is 298 g/mol. The molecular formula is C12H9N3O3S2. The van der Waals surface area contributed by atoms with Gasteiger partial charge in [-0.05, 0) is 36.0 Å². The monoisotopic (exact) mass is 307 g/mol. The maximum absolute atomic E-state index is 9.47. The summed E-state index contributed by atoms with van der Waals surface area (Å²) >= 11 is 6.13.